The van der Waals surface area contributed by atoms with Gasteiger partial charge in [0.15, 0.2) is 0 Å². The van der Waals surface area contributed by atoms with Crippen molar-refractivity contribution in [3.05, 3.63) is 12.3 Å². The lowest BCUT2D eigenvalue weighted by Crippen LogP contribution is -2.41. The second-order valence-corrected chi connectivity index (χ2v) is 5.03. The molecule has 2 heterocycles. The highest BCUT2D eigenvalue weighted by atomic mass is 16.3. The maximum atomic E-state index is 8.80. The Bertz CT molecular complexity index is 290. The van der Waals surface area contributed by atoms with E-state index in [1.165, 1.54) is 13.0 Å². The van der Waals surface area contributed by atoms with E-state index in [4.69, 9.17) is 5.11 Å². The third kappa shape index (κ3) is 3.15. The van der Waals surface area contributed by atoms with Gasteiger partial charge in [0.1, 0.15) is 0 Å². The van der Waals surface area contributed by atoms with Crippen LogP contribution in [0.2, 0.25) is 0 Å². The summed E-state index contributed by atoms with van der Waals surface area (Å²) in [5, 5.41) is 12.1. The SMILES string of the molecule is CN1CCC(CNCCO)C1C1C=NC=CC1. The van der Waals surface area contributed by atoms with Gasteiger partial charge in [-0.15, -0.1) is 0 Å². The molecule has 0 spiro atoms. The second kappa shape index (κ2) is 6.28. The van der Waals surface area contributed by atoms with Crippen LogP contribution in [-0.4, -0.2) is 55.6 Å². The molecular formula is C13H23N3O. The first kappa shape index (κ1) is 12.7. The topological polar surface area (TPSA) is 47.9 Å². The molecule has 1 saturated heterocycles. The molecule has 0 aromatic heterocycles. The van der Waals surface area contributed by atoms with Gasteiger partial charge in [-0.3, -0.25) is 4.99 Å². The minimum absolute atomic E-state index is 0.223. The number of hydrogen-bond donors (Lipinski definition) is 2. The number of rotatable bonds is 5. The zero-order valence-corrected chi connectivity index (χ0v) is 10.5. The molecule has 2 aliphatic heterocycles. The van der Waals surface area contributed by atoms with Gasteiger partial charge >= 0.3 is 0 Å². The lowest BCUT2D eigenvalue weighted by Gasteiger charge is -2.31. The summed E-state index contributed by atoms with van der Waals surface area (Å²) in [6.45, 7) is 3.10. The van der Waals surface area contributed by atoms with Gasteiger partial charge in [0.25, 0.3) is 0 Å². The summed E-state index contributed by atoms with van der Waals surface area (Å²) >= 11 is 0. The van der Waals surface area contributed by atoms with Crippen molar-refractivity contribution in [3.63, 3.8) is 0 Å². The van der Waals surface area contributed by atoms with Crippen molar-refractivity contribution in [2.75, 3.05) is 33.3 Å². The molecule has 3 unspecified atom stereocenters. The maximum Gasteiger partial charge on any atom is 0.0555 e. The third-order valence-corrected chi connectivity index (χ3v) is 3.86. The van der Waals surface area contributed by atoms with E-state index in [-0.39, 0.29) is 6.61 Å². The van der Waals surface area contributed by atoms with Gasteiger partial charge in [-0.05, 0) is 38.9 Å². The summed E-state index contributed by atoms with van der Waals surface area (Å²) in [5.74, 6) is 1.22. The Kier molecular flexibility index (Phi) is 4.71. The number of aliphatic hydroxyl groups is 1. The Morgan fingerprint density at radius 1 is 1.53 bits per heavy atom. The van der Waals surface area contributed by atoms with Crippen molar-refractivity contribution in [1.29, 1.82) is 0 Å². The molecule has 3 atom stereocenters. The van der Waals surface area contributed by atoms with E-state index in [0.29, 0.717) is 24.4 Å². The Hall–Kier alpha value is -0.710. The van der Waals surface area contributed by atoms with Crippen molar-refractivity contribution in [3.8, 4) is 0 Å². The molecule has 0 aromatic rings. The van der Waals surface area contributed by atoms with Crippen molar-refractivity contribution in [1.82, 2.24) is 10.2 Å². The number of allylic oxidation sites excluding steroid dienone is 1. The molecule has 17 heavy (non-hydrogen) atoms. The molecule has 0 saturated carbocycles. The van der Waals surface area contributed by atoms with Gasteiger partial charge < -0.3 is 15.3 Å². The number of aliphatic hydroxyl groups excluding tert-OH is 1. The first-order valence-electron chi connectivity index (χ1n) is 6.53. The highest BCUT2D eigenvalue weighted by Crippen LogP contribution is 2.30. The van der Waals surface area contributed by atoms with Crippen LogP contribution < -0.4 is 5.32 Å². The number of likely N-dealkylation sites (tertiary alicyclic amines) is 1. The summed E-state index contributed by atoms with van der Waals surface area (Å²) < 4.78 is 0. The summed E-state index contributed by atoms with van der Waals surface area (Å²) in [5.41, 5.74) is 0. The Morgan fingerprint density at radius 3 is 3.12 bits per heavy atom. The highest BCUT2D eigenvalue weighted by Gasteiger charge is 2.36. The summed E-state index contributed by atoms with van der Waals surface area (Å²) in [6, 6.07) is 0.592. The smallest absolute Gasteiger partial charge is 0.0555 e. The van der Waals surface area contributed by atoms with Crippen LogP contribution in [0.1, 0.15) is 12.8 Å². The fourth-order valence-electron chi connectivity index (χ4n) is 3.04. The summed E-state index contributed by atoms with van der Waals surface area (Å²) in [4.78, 5) is 6.74. The minimum atomic E-state index is 0.223. The van der Waals surface area contributed by atoms with Crippen LogP contribution in [0.15, 0.2) is 17.3 Å². The molecule has 1 fully saturated rings. The molecule has 0 aliphatic carbocycles. The molecule has 0 radical (unpaired) electrons. The molecule has 4 heteroatoms. The average Bonchev–Trinajstić information content (AvgIpc) is 2.72. The second-order valence-electron chi connectivity index (χ2n) is 5.03. The molecule has 2 N–H and O–H groups in total. The minimum Gasteiger partial charge on any atom is -0.395 e. The van der Waals surface area contributed by atoms with Crippen LogP contribution in [-0.2, 0) is 0 Å². The highest BCUT2D eigenvalue weighted by molar-refractivity contribution is 5.64. The molecule has 0 bridgehead atoms. The van der Waals surface area contributed by atoms with Gasteiger partial charge in [0.2, 0.25) is 0 Å². The van der Waals surface area contributed by atoms with E-state index in [1.807, 2.05) is 6.20 Å². The van der Waals surface area contributed by atoms with Crippen LogP contribution in [0.25, 0.3) is 0 Å². The molecule has 0 amide bonds. The monoisotopic (exact) mass is 237 g/mol. The fraction of sp³-hybridized carbons (Fsp3) is 0.769. The van der Waals surface area contributed by atoms with Gasteiger partial charge in [0, 0.05) is 30.9 Å². The number of nitrogens with one attached hydrogen (secondary N) is 1. The van der Waals surface area contributed by atoms with E-state index in [2.05, 4.69) is 34.5 Å². The molecular weight excluding hydrogens is 214 g/mol. The van der Waals surface area contributed by atoms with Crippen LogP contribution in [0.4, 0.5) is 0 Å². The van der Waals surface area contributed by atoms with Crippen molar-refractivity contribution < 1.29 is 5.11 Å². The van der Waals surface area contributed by atoms with Crippen LogP contribution >= 0.6 is 0 Å². The standard InChI is InChI=1S/C13H23N3O/c1-16-7-4-12(10-15-6-8-17)13(16)11-3-2-5-14-9-11/h2,5,9,11-13,15,17H,3-4,6-8,10H2,1H3. The van der Waals surface area contributed by atoms with E-state index < -0.39 is 0 Å². The first-order chi connectivity index (χ1) is 8.33. The van der Waals surface area contributed by atoms with Crippen molar-refractivity contribution in [2.45, 2.75) is 18.9 Å². The van der Waals surface area contributed by atoms with E-state index in [0.717, 1.165) is 13.0 Å². The molecule has 2 rings (SSSR count). The number of nitrogens with zero attached hydrogens (tertiary/aromatic N) is 2. The number of hydrogen-bond acceptors (Lipinski definition) is 4. The zero-order chi connectivity index (χ0) is 12.1. The van der Waals surface area contributed by atoms with Gasteiger partial charge in [-0.25, -0.2) is 0 Å². The quantitative estimate of drug-likeness (QED) is 0.684. The zero-order valence-electron chi connectivity index (χ0n) is 10.5. The van der Waals surface area contributed by atoms with Crippen molar-refractivity contribution in [2.24, 2.45) is 16.8 Å². The summed E-state index contributed by atoms with van der Waals surface area (Å²) in [6.07, 6.45) is 8.51. The molecule has 0 aromatic carbocycles. The Balaban J connectivity index is 1.91. The average molecular weight is 237 g/mol. The Labute approximate surface area is 103 Å². The predicted molar refractivity (Wildman–Crippen MR) is 70.2 cm³/mol. The van der Waals surface area contributed by atoms with Crippen LogP contribution in [0.5, 0.6) is 0 Å². The van der Waals surface area contributed by atoms with Gasteiger partial charge in [-0.2, -0.15) is 0 Å². The lowest BCUT2D eigenvalue weighted by molar-refractivity contribution is 0.221. The molecule has 2 aliphatic rings. The van der Waals surface area contributed by atoms with Gasteiger partial charge in [0.05, 0.1) is 6.61 Å². The van der Waals surface area contributed by atoms with Crippen molar-refractivity contribution >= 4 is 6.21 Å². The largest absolute Gasteiger partial charge is 0.395 e. The Morgan fingerprint density at radius 2 is 2.41 bits per heavy atom. The van der Waals surface area contributed by atoms with E-state index in [1.54, 1.807) is 0 Å². The normalized spacial score (nSPS) is 33.4. The fourth-order valence-corrected chi connectivity index (χ4v) is 3.04. The van der Waals surface area contributed by atoms with Gasteiger partial charge in [-0.1, -0.05) is 6.08 Å². The van der Waals surface area contributed by atoms with E-state index >= 15 is 0 Å². The first-order valence-corrected chi connectivity index (χ1v) is 6.53. The third-order valence-electron chi connectivity index (χ3n) is 3.86. The number of aliphatic imine (C=N–C) groups is 1. The molecule has 4 nitrogen and oxygen atoms in total. The maximum absolute atomic E-state index is 8.80. The molecule has 96 valence electrons. The van der Waals surface area contributed by atoms with Crippen LogP contribution in [0, 0.1) is 11.8 Å². The summed E-state index contributed by atoms with van der Waals surface area (Å²) in [7, 11) is 2.21. The van der Waals surface area contributed by atoms with E-state index in [9.17, 15) is 0 Å². The predicted octanol–water partition coefficient (Wildman–Crippen LogP) is 0.493. The lowest BCUT2D eigenvalue weighted by atomic mass is 9.86. The van der Waals surface area contributed by atoms with Crippen LogP contribution in [0.3, 0.4) is 0 Å².